The van der Waals surface area contributed by atoms with Gasteiger partial charge in [0.05, 0.1) is 5.60 Å². The average molecular weight is 529 g/mol. The number of unbranched alkanes of at least 4 members (excludes halogenated alkanes) is 6. The molecule has 3 aromatic rings. The smallest absolute Gasteiger partial charge is 0.406 e. The molecule has 0 amide bonds. The van der Waals surface area contributed by atoms with Gasteiger partial charge in [0.2, 0.25) is 0 Å². The molecule has 206 valence electrons. The van der Waals surface area contributed by atoms with Crippen LogP contribution in [0, 0.1) is 5.41 Å². The number of rotatable bonds is 13. The number of aromatic nitrogens is 2. The fraction of sp³-hybridized carbons (Fsp3) is 0.484. The number of hydrogen-bond donors (Lipinski definition) is 1. The summed E-state index contributed by atoms with van der Waals surface area (Å²) < 4.78 is 41.2. The molecule has 4 nitrogen and oxygen atoms in total. The van der Waals surface area contributed by atoms with E-state index in [1.807, 2.05) is 36.7 Å². The Morgan fingerprint density at radius 3 is 1.74 bits per heavy atom. The van der Waals surface area contributed by atoms with Crippen molar-refractivity contribution in [2.45, 2.75) is 90.5 Å². The van der Waals surface area contributed by atoms with Gasteiger partial charge in [0.15, 0.2) is 0 Å². The first kappa shape index (κ1) is 29.6. The van der Waals surface area contributed by atoms with E-state index in [9.17, 15) is 18.3 Å². The summed E-state index contributed by atoms with van der Waals surface area (Å²) in [6.07, 6.45) is 10.2. The average Bonchev–Trinajstić information content (AvgIpc) is 2.87. The lowest BCUT2D eigenvalue weighted by Crippen LogP contribution is -2.40. The second-order valence-corrected chi connectivity index (χ2v) is 11.0. The van der Waals surface area contributed by atoms with Crippen molar-refractivity contribution in [1.82, 2.24) is 9.97 Å². The van der Waals surface area contributed by atoms with Gasteiger partial charge in [0, 0.05) is 12.4 Å². The third-order valence-corrected chi connectivity index (χ3v) is 7.14. The Bertz CT molecular complexity index is 1100. The van der Waals surface area contributed by atoms with Crippen molar-refractivity contribution < 1.29 is 23.0 Å². The summed E-state index contributed by atoms with van der Waals surface area (Å²) in [5.74, 6) is -0.248. The van der Waals surface area contributed by atoms with Crippen LogP contribution in [-0.4, -0.2) is 21.4 Å². The van der Waals surface area contributed by atoms with E-state index in [0.717, 1.165) is 48.8 Å². The van der Waals surface area contributed by atoms with Crippen LogP contribution in [0.2, 0.25) is 0 Å². The lowest BCUT2D eigenvalue weighted by molar-refractivity contribution is -0.274. The first-order chi connectivity index (χ1) is 18.0. The highest BCUT2D eigenvalue weighted by molar-refractivity contribution is 5.64. The molecule has 1 aromatic heterocycles. The van der Waals surface area contributed by atoms with E-state index < -0.39 is 12.0 Å². The van der Waals surface area contributed by atoms with Gasteiger partial charge >= 0.3 is 6.36 Å². The molecule has 38 heavy (non-hydrogen) atoms. The normalized spacial score (nSPS) is 13.8. The molecular weight excluding hydrogens is 489 g/mol. The van der Waals surface area contributed by atoms with Crippen LogP contribution in [0.25, 0.3) is 11.1 Å². The molecule has 7 heteroatoms. The molecular formula is C31H39F3N2O2. The van der Waals surface area contributed by atoms with Gasteiger partial charge in [0.25, 0.3) is 0 Å². The zero-order valence-electron chi connectivity index (χ0n) is 22.6. The van der Waals surface area contributed by atoms with Crippen LogP contribution < -0.4 is 4.74 Å². The first-order valence-corrected chi connectivity index (χ1v) is 13.4. The van der Waals surface area contributed by atoms with E-state index in [-0.39, 0.29) is 11.2 Å². The highest BCUT2D eigenvalue weighted by Gasteiger charge is 2.40. The van der Waals surface area contributed by atoms with Crippen molar-refractivity contribution in [3.05, 3.63) is 78.4 Å². The topological polar surface area (TPSA) is 55.2 Å². The third kappa shape index (κ3) is 8.83. The van der Waals surface area contributed by atoms with Gasteiger partial charge in [-0.1, -0.05) is 95.7 Å². The molecule has 0 bridgehead atoms. The molecule has 0 radical (unpaired) electrons. The SMILES string of the molecule is CC(C)(C)C(O)(CCCCCCCCCc1cncnc1)c1ccc(-c2ccc(OC(F)(F)F)cc2)cc1. The number of aryl methyl sites for hydroxylation is 1. The molecule has 1 N–H and O–H groups in total. The zero-order valence-corrected chi connectivity index (χ0v) is 22.6. The number of alkyl halides is 3. The largest absolute Gasteiger partial charge is 0.573 e. The van der Waals surface area contributed by atoms with Gasteiger partial charge in [-0.05, 0) is 59.1 Å². The predicted molar refractivity (Wildman–Crippen MR) is 145 cm³/mol. The highest BCUT2D eigenvalue weighted by Crippen LogP contribution is 2.43. The molecule has 0 fully saturated rings. The number of ether oxygens (including phenoxy) is 1. The standard InChI is InChI=1S/C31H39F3N2O2/c1-29(2,3)30(37,20-10-8-6-4-5-7-9-11-24-21-35-23-36-22-24)27-16-12-25(13-17-27)26-14-18-28(19-15-26)38-31(32,33)34/h12-19,21-23,37H,4-11,20H2,1-3H3. The maximum Gasteiger partial charge on any atom is 0.573 e. The van der Waals surface area contributed by atoms with Crippen molar-refractivity contribution in [1.29, 1.82) is 0 Å². The Balaban J connectivity index is 1.48. The van der Waals surface area contributed by atoms with Crippen LogP contribution in [0.15, 0.2) is 67.3 Å². The fourth-order valence-electron chi connectivity index (χ4n) is 4.79. The summed E-state index contributed by atoms with van der Waals surface area (Å²) >= 11 is 0. The minimum Gasteiger partial charge on any atom is -0.406 e. The molecule has 0 aliphatic rings. The van der Waals surface area contributed by atoms with E-state index in [0.29, 0.717) is 6.42 Å². The zero-order chi connectivity index (χ0) is 27.7. The van der Waals surface area contributed by atoms with Gasteiger partial charge in [0.1, 0.15) is 12.1 Å². The van der Waals surface area contributed by atoms with Gasteiger partial charge in [-0.2, -0.15) is 0 Å². The molecule has 3 rings (SSSR count). The third-order valence-electron chi connectivity index (χ3n) is 7.14. The molecule has 1 heterocycles. The van der Waals surface area contributed by atoms with Crippen LogP contribution in [-0.2, 0) is 12.0 Å². The molecule has 1 atom stereocenters. The fourth-order valence-corrected chi connectivity index (χ4v) is 4.79. The summed E-state index contributed by atoms with van der Waals surface area (Å²) in [6.45, 7) is 6.16. The van der Waals surface area contributed by atoms with Crippen LogP contribution in [0.5, 0.6) is 5.75 Å². The number of halogens is 3. The van der Waals surface area contributed by atoms with Gasteiger partial charge in [-0.25, -0.2) is 9.97 Å². The van der Waals surface area contributed by atoms with E-state index in [1.54, 1.807) is 18.5 Å². The maximum absolute atomic E-state index is 12.4. The minimum atomic E-state index is -4.71. The molecule has 0 aliphatic carbocycles. The summed E-state index contributed by atoms with van der Waals surface area (Å²) in [6, 6.07) is 13.5. The van der Waals surface area contributed by atoms with Crippen LogP contribution in [0.3, 0.4) is 0 Å². The van der Waals surface area contributed by atoms with Crippen LogP contribution in [0.1, 0.15) is 83.3 Å². The van der Waals surface area contributed by atoms with E-state index in [2.05, 4.69) is 35.5 Å². The number of nitrogens with zero attached hydrogens (tertiary/aromatic N) is 2. The Hall–Kier alpha value is -2.93. The van der Waals surface area contributed by atoms with Gasteiger partial charge in [-0.15, -0.1) is 13.2 Å². The van der Waals surface area contributed by atoms with E-state index in [4.69, 9.17) is 0 Å². The Morgan fingerprint density at radius 1 is 0.711 bits per heavy atom. The molecule has 2 aromatic carbocycles. The van der Waals surface area contributed by atoms with Gasteiger partial charge < -0.3 is 9.84 Å². The van der Waals surface area contributed by atoms with Crippen LogP contribution in [0.4, 0.5) is 13.2 Å². The first-order valence-electron chi connectivity index (χ1n) is 13.4. The van der Waals surface area contributed by atoms with Crippen molar-refractivity contribution in [2.24, 2.45) is 5.41 Å². The van der Waals surface area contributed by atoms with Crippen molar-refractivity contribution in [2.75, 3.05) is 0 Å². The number of hydrogen-bond acceptors (Lipinski definition) is 4. The Morgan fingerprint density at radius 2 is 1.21 bits per heavy atom. The number of aliphatic hydroxyl groups is 1. The molecule has 0 aliphatic heterocycles. The van der Waals surface area contributed by atoms with Crippen LogP contribution >= 0.6 is 0 Å². The Labute approximate surface area is 224 Å². The molecule has 0 spiro atoms. The van der Waals surface area contributed by atoms with Crippen molar-refractivity contribution in [3.63, 3.8) is 0 Å². The molecule has 0 saturated carbocycles. The lowest BCUT2D eigenvalue weighted by atomic mass is 9.69. The molecule has 0 saturated heterocycles. The molecule has 1 unspecified atom stereocenters. The number of benzene rings is 2. The quantitative estimate of drug-likeness (QED) is 0.226. The van der Waals surface area contributed by atoms with Crippen molar-refractivity contribution in [3.8, 4) is 16.9 Å². The summed E-state index contributed by atoms with van der Waals surface area (Å²) in [7, 11) is 0. The lowest BCUT2D eigenvalue weighted by Gasteiger charge is -2.41. The predicted octanol–water partition coefficient (Wildman–Crippen LogP) is 8.64. The minimum absolute atomic E-state index is 0.248. The van der Waals surface area contributed by atoms with E-state index >= 15 is 0 Å². The van der Waals surface area contributed by atoms with E-state index in [1.165, 1.54) is 37.0 Å². The van der Waals surface area contributed by atoms with Gasteiger partial charge in [-0.3, -0.25) is 0 Å². The Kier molecular flexibility index (Phi) is 10.3. The maximum atomic E-state index is 12.4. The summed E-state index contributed by atoms with van der Waals surface area (Å²) in [5, 5.41) is 11.8. The summed E-state index contributed by atoms with van der Waals surface area (Å²) in [5.41, 5.74) is 2.36. The highest BCUT2D eigenvalue weighted by atomic mass is 19.4. The monoisotopic (exact) mass is 528 g/mol. The second kappa shape index (κ2) is 13.2. The second-order valence-electron chi connectivity index (χ2n) is 11.0. The summed E-state index contributed by atoms with van der Waals surface area (Å²) in [4.78, 5) is 8.11. The van der Waals surface area contributed by atoms with Crippen molar-refractivity contribution >= 4 is 0 Å².